The van der Waals surface area contributed by atoms with Crippen LogP contribution in [0.4, 0.5) is 0 Å². The summed E-state index contributed by atoms with van der Waals surface area (Å²) < 4.78 is 5.29. The van der Waals surface area contributed by atoms with Crippen LogP contribution in [0.3, 0.4) is 0 Å². The summed E-state index contributed by atoms with van der Waals surface area (Å²) in [6, 6.07) is 0. The second-order valence-corrected chi connectivity index (χ2v) is 2.27. The van der Waals surface area contributed by atoms with E-state index in [9.17, 15) is 0 Å². The molecule has 0 saturated carbocycles. The summed E-state index contributed by atoms with van der Waals surface area (Å²) in [4.78, 5) is 0. The number of hydrogen-bond acceptors (Lipinski definition) is 1. The van der Waals surface area contributed by atoms with E-state index in [1.54, 1.807) is 0 Å². The van der Waals surface area contributed by atoms with Crippen molar-refractivity contribution in [1.29, 1.82) is 0 Å². The number of ether oxygens (including phenoxy) is 1. The Morgan fingerprint density at radius 2 is 2.50 bits per heavy atom. The predicted octanol–water partition coefficient (Wildman–Crippen LogP) is 1.74. The van der Waals surface area contributed by atoms with E-state index in [1.807, 2.05) is 0 Å². The maximum absolute atomic E-state index is 5.29. The van der Waals surface area contributed by atoms with Crippen LogP contribution in [0.5, 0.6) is 0 Å². The highest BCUT2D eigenvalue weighted by molar-refractivity contribution is 5.02. The van der Waals surface area contributed by atoms with Crippen molar-refractivity contribution in [3.63, 3.8) is 0 Å². The van der Waals surface area contributed by atoms with E-state index in [-0.39, 0.29) is 0 Å². The lowest BCUT2D eigenvalue weighted by Gasteiger charge is -2.20. The van der Waals surface area contributed by atoms with Crippen LogP contribution in [0.25, 0.3) is 0 Å². The van der Waals surface area contributed by atoms with Crippen LogP contribution in [0.15, 0.2) is 12.2 Å². The Morgan fingerprint density at radius 1 is 1.75 bits per heavy atom. The molecule has 0 aliphatic carbocycles. The Labute approximate surface area is 50.3 Å². The third-order valence-electron chi connectivity index (χ3n) is 1.58. The van der Waals surface area contributed by atoms with Crippen LogP contribution < -0.4 is 0 Å². The van der Waals surface area contributed by atoms with Crippen molar-refractivity contribution in [1.82, 2.24) is 0 Å². The van der Waals surface area contributed by atoms with Gasteiger partial charge in [-0.1, -0.05) is 6.58 Å². The van der Waals surface area contributed by atoms with Crippen molar-refractivity contribution in [2.24, 2.45) is 0 Å². The van der Waals surface area contributed by atoms with Gasteiger partial charge in [0.15, 0.2) is 0 Å². The lowest BCUT2D eigenvalue weighted by atomic mass is 10.1. The molecular formula is C7H12O. The molecule has 0 N–H and O–H groups in total. The maximum atomic E-state index is 5.29. The molecule has 1 heteroatoms. The summed E-state index contributed by atoms with van der Waals surface area (Å²) in [5.74, 6) is 0. The van der Waals surface area contributed by atoms with Crippen molar-refractivity contribution < 1.29 is 4.74 Å². The van der Waals surface area contributed by atoms with Crippen molar-refractivity contribution in [3.05, 3.63) is 12.2 Å². The Bertz CT molecular complexity index is 96.6. The highest BCUT2D eigenvalue weighted by Gasteiger charge is 2.10. The molecule has 1 rings (SSSR count). The first-order valence-electron chi connectivity index (χ1n) is 3.10. The topological polar surface area (TPSA) is 9.23 Å². The first kappa shape index (κ1) is 5.83. The molecule has 8 heavy (non-hydrogen) atoms. The minimum atomic E-state index is 0.309. The molecule has 0 aromatic carbocycles. The van der Waals surface area contributed by atoms with E-state index in [1.165, 1.54) is 5.57 Å². The van der Waals surface area contributed by atoms with E-state index >= 15 is 0 Å². The van der Waals surface area contributed by atoms with Crippen molar-refractivity contribution in [3.8, 4) is 0 Å². The molecule has 0 unspecified atom stereocenters. The third kappa shape index (κ3) is 1.10. The van der Waals surface area contributed by atoms with E-state index in [0.29, 0.717) is 6.10 Å². The van der Waals surface area contributed by atoms with Gasteiger partial charge in [-0.05, 0) is 25.3 Å². The summed E-state index contributed by atoms with van der Waals surface area (Å²) in [6.07, 6.45) is 2.62. The standard InChI is InChI=1S/C7H12O/c1-6-4-3-5-8-7(6)2/h7H,1,3-5H2,2H3/t7-/m0/s1. The zero-order valence-corrected chi connectivity index (χ0v) is 5.31. The summed E-state index contributed by atoms with van der Waals surface area (Å²) in [6.45, 7) is 6.84. The largest absolute Gasteiger partial charge is 0.374 e. The average Bonchev–Trinajstić information content (AvgIpc) is 1.77. The molecule has 1 atom stereocenters. The highest BCUT2D eigenvalue weighted by atomic mass is 16.5. The van der Waals surface area contributed by atoms with Gasteiger partial charge in [0.1, 0.15) is 0 Å². The first-order chi connectivity index (χ1) is 3.80. The molecule has 0 amide bonds. The highest BCUT2D eigenvalue weighted by Crippen LogP contribution is 2.16. The van der Waals surface area contributed by atoms with Crippen LogP contribution in [-0.2, 0) is 4.74 Å². The Kier molecular flexibility index (Phi) is 1.69. The van der Waals surface area contributed by atoms with Crippen LogP contribution in [-0.4, -0.2) is 12.7 Å². The summed E-state index contributed by atoms with van der Waals surface area (Å²) in [7, 11) is 0. The van der Waals surface area contributed by atoms with Gasteiger partial charge in [-0.2, -0.15) is 0 Å². The predicted molar refractivity (Wildman–Crippen MR) is 33.8 cm³/mol. The van der Waals surface area contributed by atoms with Crippen molar-refractivity contribution in [2.45, 2.75) is 25.9 Å². The average molecular weight is 112 g/mol. The lowest BCUT2D eigenvalue weighted by molar-refractivity contribution is 0.0653. The molecule has 1 fully saturated rings. The minimum absolute atomic E-state index is 0.309. The molecule has 0 aromatic heterocycles. The maximum Gasteiger partial charge on any atom is 0.0754 e. The van der Waals surface area contributed by atoms with E-state index < -0.39 is 0 Å². The second kappa shape index (κ2) is 2.31. The molecule has 1 nitrogen and oxygen atoms in total. The molecule has 1 aliphatic heterocycles. The third-order valence-corrected chi connectivity index (χ3v) is 1.58. The number of rotatable bonds is 0. The molecular weight excluding hydrogens is 100 g/mol. The fraction of sp³-hybridized carbons (Fsp3) is 0.714. The molecule has 0 aromatic rings. The molecule has 1 saturated heterocycles. The van der Waals surface area contributed by atoms with Gasteiger partial charge in [0.2, 0.25) is 0 Å². The van der Waals surface area contributed by atoms with Gasteiger partial charge in [0.25, 0.3) is 0 Å². The normalized spacial score (nSPS) is 30.6. The summed E-state index contributed by atoms with van der Waals surface area (Å²) in [5, 5.41) is 0. The summed E-state index contributed by atoms with van der Waals surface area (Å²) >= 11 is 0. The lowest BCUT2D eigenvalue weighted by Crippen LogP contribution is -2.17. The van der Waals surface area contributed by atoms with Gasteiger partial charge in [-0.25, -0.2) is 0 Å². The monoisotopic (exact) mass is 112 g/mol. The zero-order valence-electron chi connectivity index (χ0n) is 5.31. The van der Waals surface area contributed by atoms with Gasteiger partial charge >= 0.3 is 0 Å². The van der Waals surface area contributed by atoms with Crippen LogP contribution in [0.2, 0.25) is 0 Å². The number of hydrogen-bond donors (Lipinski definition) is 0. The molecule has 1 heterocycles. The van der Waals surface area contributed by atoms with Gasteiger partial charge in [-0.3, -0.25) is 0 Å². The van der Waals surface area contributed by atoms with E-state index in [0.717, 1.165) is 19.4 Å². The molecule has 0 radical (unpaired) electrons. The van der Waals surface area contributed by atoms with Gasteiger partial charge < -0.3 is 4.74 Å². The van der Waals surface area contributed by atoms with Gasteiger partial charge in [-0.15, -0.1) is 0 Å². The SMILES string of the molecule is C=C1CCCO[C@H]1C. The quantitative estimate of drug-likeness (QED) is 0.434. The fourth-order valence-electron chi connectivity index (χ4n) is 0.880. The Morgan fingerprint density at radius 3 is 2.88 bits per heavy atom. The van der Waals surface area contributed by atoms with E-state index in [4.69, 9.17) is 4.74 Å². The second-order valence-electron chi connectivity index (χ2n) is 2.27. The van der Waals surface area contributed by atoms with Crippen LogP contribution in [0.1, 0.15) is 19.8 Å². The Hall–Kier alpha value is -0.300. The van der Waals surface area contributed by atoms with E-state index in [2.05, 4.69) is 13.5 Å². The molecule has 0 spiro atoms. The van der Waals surface area contributed by atoms with Crippen molar-refractivity contribution >= 4 is 0 Å². The molecule has 46 valence electrons. The minimum Gasteiger partial charge on any atom is -0.374 e. The fourth-order valence-corrected chi connectivity index (χ4v) is 0.880. The molecule has 1 aliphatic rings. The summed E-state index contributed by atoms with van der Waals surface area (Å²) in [5.41, 5.74) is 1.25. The molecule has 0 bridgehead atoms. The van der Waals surface area contributed by atoms with Crippen LogP contribution in [0, 0.1) is 0 Å². The van der Waals surface area contributed by atoms with Crippen molar-refractivity contribution in [2.75, 3.05) is 6.61 Å². The van der Waals surface area contributed by atoms with Gasteiger partial charge in [0.05, 0.1) is 6.10 Å². The zero-order chi connectivity index (χ0) is 5.98. The van der Waals surface area contributed by atoms with Crippen LogP contribution >= 0.6 is 0 Å². The smallest absolute Gasteiger partial charge is 0.0754 e. The van der Waals surface area contributed by atoms with Gasteiger partial charge in [0, 0.05) is 6.61 Å². The Balaban J connectivity index is 2.39. The first-order valence-corrected chi connectivity index (χ1v) is 3.10.